The number of carbonyl (C=O) groups is 1. The lowest BCUT2D eigenvalue weighted by Crippen LogP contribution is -2.20. The van der Waals surface area contributed by atoms with Crippen molar-refractivity contribution in [3.05, 3.63) is 34.9 Å². The number of benzene rings is 1. The third-order valence-corrected chi connectivity index (χ3v) is 5.43. The fraction of sp³-hybridized carbons (Fsp3) is 0.611. The van der Waals surface area contributed by atoms with E-state index in [4.69, 9.17) is 4.74 Å². The topological polar surface area (TPSA) is 26.3 Å². The molecule has 0 unspecified atom stereocenters. The molecular formula is C18H30O2Si. The van der Waals surface area contributed by atoms with Crippen LogP contribution in [0.1, 0.15) is 48.7 Å². The van der Waals surface area contributed by atoms with Crippen LogP contribution in [0.15, 0.2) is 18.2 Å². The second-order valence-electron chi connectivity index (χ2n) is 8.08. The molecule has 0 atom stereocenters. The van der Waals surface area contributed by atoms with Gasteiger partial charge in [-0.1, -0.05) is 52.5 Å². The van der Waals surface area contributed by atoms with Gasteiger partial charge in [-0.15, -0.1) is 0 Å². The van der Waals surface area contributed by atoms with Crippen molar-refractivity contribution in [2.45, 2.75) is 65.2 Å². The predicted octanol–water partition coefficient (Wildman–Crippen LogP) is 5.18. The van der Waals surface area contributed by atoms with Crippen LogP contribution >= 0.6 is 0 Å². The average molecular weight is 307 g/mol. The molecule has 0 aliphatic heterocycles. The first-order chi connectivity index (χ1) is 9.50. The number of hydrogen-bond acceptors (Lipinski definition) is 2. The van der Waals surface area contributed by atoms with E-state index in [9.17, 15) is 4.79 Å². The van der Waals surface area contributed by atoms with E-state index < -0.39 is 8.07 Å². The van der Waals surface area contributed by atoms with E-state index in [0.717, 1.165) is 12.0 Å². The Balaban J connectivity index is 2.62. The van der Waals surface area contributed by atoms with Crippen molar-refractivity contribution >= 4 is 14.0 Å². The minimum atomic E-state index is -1.04. The summed E-state index contributed by atoms with van der Waals surface area (Å²) in [6, 6.07) is 7.08. The normalized spacial score (nSPS) is 12.3. The van der Waals surface area contributed by atoms with Crippen LogP contribution in [0.2, 0.25) is 25.7 Å². The Morgan fingerprint density at radius 1 is 1.19 bits per heavy atom. The van der Waals surface area contributed by atoms with E-state index in [-0.39, 0.29) is 11.4 Å². The molecule has 118 valence electrons. The maximum Gasteiger partial charge on any atom is 0.338 e. The molecule has 0 saturated heterocycles. The molecule has 2 nitrogen and oxygen atoms in total. The zero-order chi connectivity index (χ0) is 16.3. The van der Waals surface area contributed by atoms with Crippen LogP contribution in [0.3, 0.4) is 0 Å². The molecule has 0 N–H and O–H groups in total. The summed E-state index contributed by atoms with van der Waals surface area (Å²) in [5.41, 5.74) is 3.19. The summed E-state index contributed by atoms with van der Waals surface area (Å²) < 4.78 is 5.39. The smallest absolute Gasteiger partial charge is 0.338 e. The fourth-order valence-electron chi connectivity index (χ4n) is 2.48. The summed E-state index contributed by atoms with van der Waals surface area (Å²) in [5, 5.41) is 0. The first kappa shape index (κ1) is 18.0. The molecule has 0 amide bonds. The summed E-state index contributed by atoms with van der Waals surface area (Å²) in [6.07, 6.45) is 0.973. The predicted molar refractivity (Wildman–Crippen MR) is 92.9 cm³/mol. The summed E-state index contributed by atoms with van der Waals surface area (Å²) in [4.78, 5) is 12.1. The lowest BCUT2D eigenvalue weighted by Gasteiger charge is -2.22. The Kier molecular flexibility index (Phi) is 5.80. The molecule has 0 aromatic heterocycles. The lowest BCUT2D eigenvalue weighted by atomic mass is 9.83. The second kappa shape index (κ2) is 6.78. The van der Waals surface area contributed by atoms with Gasteiger partial charge >= 0.3 is 5.97 Å². The molecule has 0 aliphatic rings. The van der Waals surface area contributed by atoms with Crippen LogP contribution < -0.4 is 0 Å². The first-order valence-electron chi connectivity index (χ1n) is 7.79. The van der Waals surface area contributed by atoms with Crippen molar-refractivity contribution in [2.24, 2.45) is 0 Å². The van der Waals surface area contributed by atoms with E-state index in [1.54, 1.807) is 0 Å². The van der Waals surface area contributed by atoms with Crippen molar-refractivity contribution in [3.8, 4) is 0 Å². The third kappa shape index (κ3) is 6.04. The minimum absolute atomic E-state index is 0.101. The van der Waals surface area contributed by atoms with Gasteiger partial charge in [0.2, 0.25) is 0 Å². The van der Waals surface area contributed by atoms with Gasteiger partial charge in [-0.3, -0.25) is 0 Å². The van der Waals surface area contributed by atoms with Gasteiger partial charge in [0.15, 0.2) is 0 Å². The molecule has 0 saturated carbocycles. The van der Waals surface area contributed by atoms with Crippen LogP contribution in [-0.4, -0.2) is 20.7 Å². The highest BCUT2D eigenvalue weighted by molar-refractivity contribution is 6.76. The van der Waals surface area contributed by atoms with Gasteiger partial charge in [-0.25, -0.2) is 4.79 Å². The summed E-state index contributed by atoms with van der Waals surface area (Å²) >= 11 is 0. The quantitative estimate of drug-likeness (QED) is 0.426. The number of carbonyl (C=O) groups excluding carboxylic acids is 1. The molecule has 21 heavy (non-hydrogen) atoms. The number of hydrogen-bond donors (Lipinski definition) is 0. The molecule has 0 spiro atoms. The highest BCUT2D eigenvalue weighted by Crippen LogP contribution is 2.26. The number of rotatable bonds is 5. The molecule has 1 aromatic rings. The van der Waals surface area contributed by atoms with Crippen LogP contribution in [0, 0.1) is 6.92 Å². The molecule has 0 heterocycles. The number of esters is 1. The van der Waals surface area contributed by atoms with Gasteiger partial charge in [0, 0.05) is 8.07 Å². The zero-order valence-corrected chi connectivity index (χ0v) is 15.7. The highest BCUT2D eigenvalue weighted by atomic mass is 28.3. The van der Waals surface area contributed by atoms with Gasteiger partial charge in [-0.2, -0.15) is 0 Å². The first-order valence-corrected chi connectivity index (χ1v) is 11.5. The Hall–Kier alpha value is -1.09. The van der Waals surface area contributed by atoms with Gasteiger partial charge < -0.3 is 4.74 Å². The fourth-order valence-corrected chi connectivity index (χ4v) is 3.69. The Morgan fingerprint density at radius 2 is 1.81 bits per heavy atom. The number of aryl methyl sites for hydroxylation is 1. The van der Waals surface area contributed by atoms with Crippen molar-refractivity contribution in [1.82, 2.24) is 0 Å². The second-order valence-corrected chi connectivity index (χ2v) is 13.7. The lowest BCUT2D eigenvalue weighted by molar-refractivity contribution is 0.0504. The molecule has 1 rings (SSSR count). The van der Waals surface area contributed by atoms with Crippen molar-refractivity contribution < 1.29 is 9.53 Å². The van der Waals surface area contributed by atoms with E-state index in [0.29, 0.717) is 12.2 Å². The molecule has 1 aromatic carbocycles. The van der Waals surface area contributed by atoms with Crippen LogP contribution in [0.4, 0.5) is 0 Å². The summed E-state index contributed by atoms with van der Waals surface area (Å²) in [5.74, 6) is -0.200. The van der Waals surface area contributed by atoms with Gasteiger partial charge in [0.25, 0.3) is 0 Å². The van der Waals surface area contributed by atoms with Crippen LogP contribution in [0.25, 0.3) is 0 Å². The monoisotopic (exact) mass is 306 g/mol. The van der Waals surface area contributed by atoms with E-state index >= 15 is 0 Å². The van der Waals surface area contributed by atoms with E-state index in [1.165, 1.54) is 11.6 Å². The van der Waals surface area contributed by atoms with Gasteiger partial charge in [-0.05, 0) is 42.0 Å². The van der Waals surface area contributed by atoms with Crippen LogP contribution in [-0.2, 0) is 10.2 Å². The van der Waals surface area contributed by atoms with Gasteiger partial charge in [0.05, 0.1) is 12.2 Å². The van der Waals surface area contributed by atoms with Crippen molar-refractivity contribution in [1.29, 1.82) is 0 Å². The SMILES string of the molecule is Cc1cc(C(=O)OCCC[Si](C)(C)C)ccc1C(C)(C)C. The van der Waals surface area contributed by atoms with Crippen LogP contribution in [0.5, 0.6) is 0 Å². The maximum absolute atomic E-state index is 12.1. The van der Waals surface area contributed by atoms with Crippen molar-refractivity contribution in [3.63, 3.8) is 0 Å². The molecule has 3 heteroatoms. The zero-order valence-electron chi connectivity index (χ0n) is 14.7. The Morgan fingerprint density at radius 3 is 2.29 bits per heavy atom. The summed E-state index contributed by atoms with van der Waals surface area (Å²) in [6.45, 7) is 16.2. The molecule has 0 fully saturated rings. The van der Waals surface area contributed by atoms with E-state index in [2.05, 4.69) is 47.3 Å². The largest absolute Gasteiger partial charge is 0.462 e. The molecule has 0 bridgehead atoms. The highest BCUT2D eigenvalue weighted by Gasteiger charge is 2.18. The molecule has 0 radical (unpaired) electrons. The van der Waals surface area contributed by atoms with Crippen molar-refractivity contribution in [2.75, 3.05) is 6.61 Å². The average Bonchev–Trinajstić information content (AvgIpc) is 2.31. The Labute approximate surface area is 130 Å². The molecular weight excluding hydrogens is 276 g/mol. The maximum atomic E-state index is 12.1. The summed E-state index contributed by atoms with van der Waals surface area (Å²) in [7, 11) is -1.04. The standard InChI is InChI=1S/C18H30O2Si/c1-14-13-15(9-10-16(14)18(2,3)4)17(19)20-11-8-12-21(5,6)7/h9-10,13H,8,11-12H2,1-7H3. The minimum Gasteiger partial charge on any atom is -0.462 e. The molecule has 0 aliphatic carbocycles. The third-order valence-electron chi connectivity index (χ3n) is 3.57. The number of ether oxygens (including phenoxy) is 1. The Bertz CT molecular complexity index is 493. The van der Waals surface area contributed by atoms with Gasteiger partial charge in [0.1, 0.15) is 0 Å². The van der Waals surface area contributed by atoms with E-state index in [1.807, 2.05) is 18.2 Å².